The summed E-state index contributed by atoms with van der Waals surface area (Å²) in [7, 11) is -4.62. The molecule has 0 saturated carbocycles. The number of anilines is 1. The van der Waals surface area contributed by atoms with Crippen molar-refractivity contribution >= 4 is 41.8 Å². The fraction of sp³-hybridized carbons (Fsp3) is 0.412. The maximum atomic E-state index is 13.7. The van der Waals surface area contributed by atoms with Gasteiger partial charge in [-0.2, -0.15) is 13.2 Å². The average Bonchev–Trinajstić information content (AvgIpc) is 3.58. The van der Waals surface area contributed by atoms with Gasteiger partial charge in [0.25, 0.3) is 0 Å². The second-order valence-corrected chi connectivity index (χ2v) is 14.5. The molecule has 0 saturated heterocycles. The number of alkyl halides is 3. The number of nitrogens with one attached hydrogen (secondary N) is 2. The molecule has 0 aliphatic heterocycles. The predicted molar refractivity (Wildman–Crippen MR) is 192 cm³/mol. The number of halogens is 3. The van der Waals surface area contributed by atoms with Gasteiger partial charge in [0.15, 0.2) is 12.0 Å². The van der Waals surface area contributed by atoms with Gasteiger partial charge in [-0.1, -0.05) is 59.6 Å². The third kappa shape index (κ3) is 10.1. The molecule has 0 aliphatic carbocycles. The summed E-state index contributed by atoms with van der Waals surface area (Å²) in [5.41, 5.74) is -1.58. The highest BCUT2D eigenvalue weighted by Crippen LogP contribution is 2.48. The Hall–Kier alpha value is -4.12. The molecule has 0 spiro atoms. The van der Waals surface area contributed by atoms with Crippen LogP contribution in [0.3, 0.4) is 0 Å². The standard InChI is InChI=1S/C34H41F3N5O8PS/c1-6-8-9-10-26(20(5)50-51(47,48)49-17-19(3)4)42-16-25(32(44)45)30(43)23-13-21(11-12-27(23)42)24-15-39-29(41-33(46)38-7-2)14-22(24)31-40-28(18-52-31)34(35,36)37/h11-16,18-19,26,33,38,46H,5-10,17H2,1-4H3,(H,39,41)(H,44,45)(H,47,48)/t26-,33?/m0/s1. The van der Waals surface area contributed by atoms with Crippen LogP contribution in [0.4, 0.5) is 19.0 Å². The topological polar surface area (TPSA) is 185 Å². The second-order valence-electron chi connectivity index (χ2n) is 12.3. The lowest BCUT2D eigenvalue weighted by molar-refractivity contribution is -0.140. The van der Waals surface area contributed by atoms with Crippen molar-refractivity contribution in [3.8, 4) is 21.7 Å². The van der Waals surface area contributed by atoms with E-state index >= 15 is 0 Å². The Kier molecular flexibility index (Phi) is 13.4. The maximum Gasteiger partial charge on any atom is 0.527 e. The number of carbonyl (C=O) groups is 1. The third-order valence-corrected chi connectivity index (χ3v) is 9.59. The van der Waals surface area contributed by atoms with Crippen LogP contribution in [0.1, 0.15) is 75.5 Å². The van der Waals surface area contributed by atoms with E-state index in [2.05, 4.69) is 27.2 Å². The molecule has 0 fully saturated rings. The van der Waals surface area contributed by atoms with E-state index in [0.29, 0.717) is 24.9 Å². The number of fused-ring (bicyclic) bond motifs is 1. The van der Waals surface area contributed by atoms with Crippen molar-refractivity contribution in [1.29, 1.82) is 0 Å². The number of allylic oxidation sites excluding steroid dienone is 1. The fourth-order valence-electron chi connectivity index (χ4n) is 5.31. The van der Waals surface area contributed by atoms with Crippen LogP contribution < -0.4 is 16.1 Å². The number of aromatic carboxylic acids is 1. The van der Waals surface area contributed by atoms with Crippen molar-refractivity contribution in [3.63, 3.8) is 0 Å². The summed E-state index contributed by atoms with van der Waals surface area (Å²) in [6.45, 7) is 11.5. The lowest BCUT2D eigenvalue weighted by Crippen LogP contribution is -2.35. The van der Waals surface area contributed by atoms with Crippen molar-refractivity contribution < 1.29 is 46.7 Å². The molecule has 5 N–H and O–H groups in total. The molecule has 0 radical (unpaired) electrons. The van der Waals surface area contributed by atoms with Gasteiger partial charge in [-0.3, -0.25) is 19.5 Å². The Morgan fingerprint density at radius 3 is 2.52 bits per heavy atom. The molecule has 13 nitrogen and oxygen atoms in total. The van der Waals surface area contributed by atoms with Gasteiger partial charge in [0.05, 0.1) is 18.2 Å². The van der Waals surface area contributed by atoms with Gasteiger partial charge in [0.1, 0.15) is 22.1 Å². The van der Waals surface area contributed by atoms with Gasteiger partial charge in [-0.25, -0.2) is 19.3 Å². The third-order valence-electron chi connectivity index (χ3n) is 7.78. The van der Waals surface area contributed by atoms with Crippen LogP contribution in [-0.4, -0.2) is 55.1 Å². The molecule has 2 unspecified atom stereocenters. The zero-order valence-electron chi connectivity index (χ0n) is 28.9. The first-order valence-electron chi connectivity index (χ1n) is 16.4. The van der Waals surface area contributed by atoms with E-state index in [1.807, 2.05) is 6.92 Å². The van der Waals surface area contributed by atoms with Crippen LogP contribution in [-0.2, 0) is 19.8 Å². The Labute approximate surface area is 301 Å². The van der Waals surface area contributed by atoms with Crippen molar-refractivity contribution in [2.24, 2.45) is 5.92 Å². The molecule has 282 valence electrons. The van der Waals surface area contributed by atoms with Crippen LogP contribution in [0, 0.1) is 5.92 Å². The van der Waals surface area contributed by atoms with E-state index in [1.54, 1.807) is 26.8 Å². The number of pyridine rings is 2. The minimum atomic E-state index is -4.71. The quantitative estimate of drug-likeness (QED) is 0.0289. The summed E-state index contributed by atoms with van der Waals surface area (Å²) in [5, 5.41) is 26.5. The number of nitrogens with zero attached hydrogens (tertiary/aromatic N) is 3. The predicted octanol–water partition coefficient (Wildman–Crippen LogP) is 7.63. The Balaban J connectivity index is 1.91. The molecular weight excluding hydrogens is 726 g/mol. The van der Waals surface area contributed by atoms with E-state index < -0.39 is 49.0 Å². The van der Waals surface area contributed by atoms with Crippen LogP contribution >= 0.6 is 19.2 Å². The SMILES string of the molecule is C=C(OP(=O)(O)OCC(C)C)[C@H](CCCCC)n1cc(C(=O)O)c(=O)c2cc(-c3cnc(NC(O)NCC)cc3-c3nc(C(F)(F)F)cs3)ccc21. The van der Waals surface area contributed by atoms with Gasteiger partial charge in [0.2, 0.25) is 5.43 Å². The van der Waals surface area contributed by atoms with E-state index in [1.165, 1.54) is 29.0 Å². The summed E-state index contributed by atoms with van der Waals surface area (Å²) < 4.78 is 65.4. The largest absolute Gasteiger partial charge is 0.527 e. The molecule has 4 rings (SSSR count). The van der Waals surface area contributed by atoms with Crippen LogP contribution in [0.5, 0.6) is 0 Å². The van der Waals surface area contributed by atoms with Crippen LogP contribution in [0.15, 0.2) is 59.2 Å². The summed E-state index contributed by atoms with van der Waals surface area (Å²) >= 11 is 0.732. The number of carboxylic acids is 1. The number of aromatic nitrogens is 3. The maximum absolute atomic E-state index is 13.7. The Morgan fingerprint density at radius 2 is 1.90 bits per heavy atom. The molecule has 0 bridgehead atoms. The van der Waals surface area contributed by atoms with E-state index in [4.69, 9.17) is 9.05 Å². The molecule has 4 aromatic rings. The minimum Gasteiger partial charge on any atom is -0.477 e. The minimum absolute atomic E-state index is 0.0277. The molecule has 0 amide bonds. The van der Waals surface area contributed by atoms with Crippen molar-refractivity contribution in [2.45, 2.75) is 71.9 Å². The highest BCUT2D eigenvalue weighted by atomic mass is 32.1. The van der Waals surface area contributed by atoms with Crippen molar-refractivity contribution in [3.05, 3.63) is 75.9 Å². The smallest absolute Gasteiger partial charge is 0.477 e. The molecule has 3 atom stereocenters. The van der Waals surface area contributed by atoms with Gasteiger partial charge in [-0.15, -0.1) is 11.3 Å². The molecule has 0 aliphatic rings. The molecule has 3 aromatic heterocycles. The van der Waals surface area contributed by atoms with Gasteiger partial charge >= 0.3 is 20.0 Å². The number of hydrogen-bond acceptors (Lipinski definition) is 11. The number of aliphatic hydroxyl groups excluding tert-OH is 1. The zero-order chi connectivity index (χ0) is 38.4. The lowest BCUT2D eigenvalue weighted by Gasteiger charge is -2.26. The second kappa shape index (κ2) is 17.1. The lowest BCUT2D eigenvalue weighted by atomic mass is 9.98. The van der Waals surface area contributed by atoms with Gasteiger partial charge < -0.3 is 24.6 Å². The summed E-state index contributed by atoms with van der Waals surface area (Å²) in [6.07, 6.45) is -0.995. The number of unbranched alkanes of at least 4 members (excludes halogenated alkanes) is 2. The fourth-order valence-corrected chi connectivity index (χ4v) is 7.12. The van der Waals surface area contributed by atoms with Crippen molar-refractivity contribution in [1.82, 2.24) is 19.9 Å². The first kappa shape index (κ1) is 40.6. The molecule has 52 heavy (non-hydrogen) atoms. The highest BCUT2D eigenvalue weighted by Gasteiger charge is 2.34. The molecule has 18 heteroatoms. The van der Waals surface area contributed by atoms with Crippen LogP contribution in [0.25, 0.3) is 32.6 Å². The van der Waals surface area contributed by atoms with E-state index in [-0.39, 0.29) is 51.1 Å². The number of benzene rings is 1. The summed E-state index contributed by atoms with van der Waals surface area (Å²) in [6, 6.07) is 5.00. The molecular formula is C34H41F3N5O8PS. The van der Waals surface area contributed by atoms with Gasteiger partial charge in [-0.05, 0) is 42.6 Å². The number of phosphoric acid groups is 1. The molecule has 1 aromatic carbocycles. The molecule has 3 heterocycles. The van der Waals surface area contributed by atoms with E-state index in [9.17, 15) is 42.4 Å². The number of phosphoric ester groups is 1. The number of thiazole rings is 1. The first-order valence-corrected chi connectivity index (χ1v) is 18.8. The number of carboxylic acid groups (broad SMARTS) is 1. The monoisotopic (exact) mass is 767 g/mol. The number of rotatable bonds is 18. The normalized spacial score (nSPS) is 14.3. The summed E-state index contributed by atoms with van der Waals surface area (Å²) in [4.78, 5) is 44.6. The number of aliphatic hydroxyl groups is 1. The highest BCUT2D eigenvalue weighted by molar-refractivity contribution is 7.47. The Bertz CT molecular complexity index is 2020. The Morgan fingerprint density at radius 1 is 1.17 bits per heavy atom. The number of hydrogen-bond donors (Lipinski definition) is 5. The zero-order valence-corrected chi connectivity index (χ0v) is 30.6. The van der Waals surface area contributed by atoms with Gasteiger partial charge in [0, 0.05) is 34.3 Å². The van der Waals surface area contributed by atoms with Crippen molar-refractivity contribution in [2.75, 3.05) is 18.5 Å². The van der Waals surface area contributed by atoms with Crippen LogP contribution in [0.2, 0.25) is 0 Å². The van der Waals surface area contributed by atoms with E-state index in [0.717, 1.165) is 35.8 Å². The average molecular weight is 768 g/mol. The summed E-state index contributed by atoms with van der Waals surface area (Å²) in [5.74, 6) is -1.69. The first-order chi connectivity index (χ1) is 24.4.